The van der Waals surface area contributed by atoms with E-state index in [1.54, 1.807) is 0 Å². The summed E-state index contributed by atoms with van der Waals surface area (Å²) in [5.41, 5.74) is 1.76. The fourth-order valence-corrected chi connectivity index (χ4v) is 2.19. The highest BCUT2D eigenvalue weighted by atomic mass is 35.5. The summed E-state index contributed by atoms with van der Waals surface area (Å²) in [6, 6.07) is 5.80. The Bertz CT molecular complexity index is 528. The molecular formula is C12H16ClN3. The summed E-state index contributed by atoms with van der Waals surface area (Å²) in [7, 11) is 3.93. The molecule has 16 heavy (non-hydrogen) atoms. The molecule has 0 aliphatic carbocycles. The summed E-state index contributed by atoms with van der Waals surface area (Å²) in [6.45, 7) is 4.20. The number of aromatic nitrogens is 2. The van der Waals surface area contributed by atoms with Crippen LogP contribution in [0.5, 0.6) is 0 Å². The molecule has 0 saturated heterocycles. The van der Waals surface area contributed by atoms with Gasteiger partial charge in [0.05, 0.1) is 21.6 Å². The first-order valence-electron chi connectivity index (χ1n) is 5.27. The van der Waals surface area contributed by atoms with Gasteiger partial charge in [-0.15, -0.1) is 0 Å². The van der Waals surface area contributed by atoms with Crippen LogP contribution < -0.4 is 5.32 Å². The molecule has 0 radical (unpaired) electrons. The Morgan fingerprint density at radius 2 is 2.06 bits per heavy atom. The number of nitrogens with zero attached hydrogens (tertiary/aromatic N) is 2. The molecular weight excluding hydrogens is 222 g/mol. The summed E-state index contributed by atoms with van der Waals surface area (Å²) in [5.74, 6) is 0.984. The molecule has 2 aromatic rings. The number of hydrogen-bond acceptors (Lipinski definition) is 2. The molecule has 2 rings (SSSR count). The molecule has 3 nitrogen and oxygen atoms in total. The largest absolute Gasteiger partial charge is 0.328 e. The van der Waals surface area contributed by atoms with Crippen LogP contribution in [0.15, 0.2) is 18.2 Å². The predicted octanol–water partition coefficient (Wildman–Crippen LogP) is 2.68. The number of benzene rings is 1. The fourth-order valence-electron chi connectivity index (χ4n) is 1.89. The van der Waals surface area contributed by atoms with Crippen LogP contribution in [0.3, 0.4) is 0 Å². The van der Waals surface area contributed by atoms with Crippen molar-refractivity contribution >= 4 is 22.6 Å². The first kappa shape index (κ1) is 11.4. The molecule has 0 aliphatic heterocycles. The number of halogens is 1. The third-order valence-corrected chi connectivity index (χ3v) is 3.33. The third kappa shape index (κ3) is 1.60. The second-order valence-electron chi connectivity index (χ2n) is 4.48. The third-order valence-electron chi connectivity index (χ3n) is 3.03. The lowest BCUT2D eigenvalue weighted by atomic mass is 10.1. The normalized spacial score (nSPS) is 12.3. The number of rotatable bonds is 2. The van der Waals surface area contributed by atoms with E-state index in [4.69, 9.17) is 11.6 Å². The minimum absolute atomic E-state index is 0.170. The first-order chi connectivity index (χ1) is 7.47. The van der Waals surface area contributed by atoms with Gasteiger partial charge >= 0.3 is 0 Å². The van der Waals surface area contributed by atoms with Gasteiger partial charge in [0.2, 0.25) is 0 Å². The molecule has 0 atom stereocenters. The molecule has 0 spiro atoms. The van der Waals surface area contributed by atoms with Crippen molar-refractivity contribution in [3.05, 3.63) is 29.0 Å². The molecule has 0 aliphatic rings. The van der Waals surface area contributed by atoms with Gasteiger partial charge in [0.1, 0.15) is 5.82 Å². The smallest absolute Gasteiger partial charge is 0.129 e. The lowest BCUT2D eigenvalue weighted by molar-refractivity contribution is 0.407. The van der Waals surface area contributed by atoms with Crippen molar-refractivity contribution in [3.8, 4) is 0 Å². The van der Waals surface area contributed by atoms with Crippen LogP contribution in [0.25, 0.3) is 11.0 Å². The molecule has 0 bridgehead atoms. The van der Waals surface area contributed by atoms with Gasteiger partial charge < -0.3 is 9.88 Å². The maximum absolute atomic E-state index is 6.19. The van der Waals surface area contributed by atoms with Crippen molar-refractivity contribution in [2.24, 2.45) is 7.05 Å². The van der Waals surface area contributed by atoms with Gasteiger partial charge in [-0.05, 0) is 33.0 Å². The van der Waals surface area contributed by atoms with Crippen LogP contribution in [0.2, 0.25) is 5.02 Å². The second kappa shape index (κ2) is 3.75. The number of fused-ring (bicyclic) bond motifs is 1. The number of imidazole rings is 1. The van der Waals surface area contributed by atoms with Gasteiger partial charge in [0.15, 0.2) is 0 Å². The van der Waals surface area contributed by atoms with Crippen molar-refractivity contribution < 1.29 is 0 Å². The Kier molecular flexibility index (Phi) is 2.68. The van der Waals surface area contributed by atoms with Crippen molar-refractivity contribution in [2.75, 3.05) is 7.05 Å². The van der Waals surface area contributed by atoms with E-state index in [9.17, 15) is 0 Å². The quantitative estimate of drug-likeness (QED) is 0.871. The molecule has 1 heterocycles. The Morgan fingerprint density at radius 3 is 2.62 bits per heavy atom. The summed E-state index contributed by atoms with van der Waals surface area (Å²) >= 11 is 6.19. The van der Waals surface area contributed by atoms with E-state index in [-0.39, 0.29) is 5.54 Å². The Hall–Kier alpha value is -1.06. The molecule has 0 unspecified atom stereocenters. The maximum atomic E-state index is 6.19. The molecule has 0 saturated carbocycles. The van der Waals surface area contributed by atoms with Gasteiger partial charge in [-0.2, -0.15) is 0 Å². The number of aryl methyl sites for hydroxylation is 1. The zero-order chi connectivity index (χ0) is 11.9. The van der Waals surface area contributed by atoms with E-state index in [1.165, 1.54) is 0 Å². The Balaban J connectivity index is 2.75. The maximum Gasteiger partial charge on any atom is 0.129 e. The number of para-hydroxylation sites is 1. The van der Waals surface area contributed by atoms with Crippen LogP contribution in [-0.2, 0) is 12.6 Å². The molecule has 1 N–H and O–H groups in total. The molecule has 0 amide bonds. The van der Waals surface area contributed by atoms with Crippen LogP contribution >= 0.6 is 11.6 Å². The Morgan fingerprint density at radius 1 is 1.38 bits per heavy atom. The highest BCUT2D eigenvalue weighted by molar-refractivity contribution is 6.35. The van der Waals surface area contributed by atoms with Crippen LogP contribution in [0, 0.1) is 0 Å². The summed E-state index contributed by atoms with van der Waals surface area (Å²) in [6.07, 6.45) is 0. The summed E-state index contributed by atoms with van der Waals surface area (Å²) in [5, 5.41) is 3.99. The van der Waals surface area contributed by atoms with Crippen molar-refractivity contribution in [3.63, 3.8) is 0 Å². The SMILES string of the molecule is CNC(C)(C)c1nc2cccc(Cl)c2n1C. The van der Waals surface area contributed by atoms with E-state index in [2.05, 4.69) is 24.1 Å². The van der Waals surface area contributed by atoms with Gasteiger partial charge in [0.25, 0.3) is 0 Å². The molecule has 1 aromatic carbocycles. The van der Waals surface area contributed by atoms with Crippen LogP contribution in [-0.4, -0.2) is 16.6 Å². The van der Waals surface area contributed by atoms with Crippen LogP contribution in [0.1, 0.15) is 19.7 Å². The monoisotopic (exact) mass is 237 g/mol. The summed E-state index contributed by atoms with van der Waals surface area (Å²) in [4.78, 5) is 4.63. The molecule has 4 heteroatoms. The van der Waals surface area contributed by atoms with Crippen molar-refractivity contribution in [1.29, 1.82) is 0 Å². The molecule has 1 aromatic heterocycles. The van der Waals surface area contributed by atoms with Gasteiger partial charge in [-0.25, -0.2) is 4.98 Å². The highest BCUT2D eigenvalue weighted by Crippen LogP contribution is 2.27. The lowest BCUT2D eigenvalue weighted by Crippen LogP contribution is -2.35. The number of hydrogen-bond donors (Lipinski definition) is 1. The zero-order valence-corrected chi connectivity index (χ0v) is 10.8. The Labute approximate surface area is 100 Å². The van der Waals surface area contributed by atoms with Gasteiger partial charge in [0, 0.05) is 7.05 Å². The van der Waals surface area contributed by atoms with Crippen molar-refractivity contribution in [2.45, 2.75) is 19.4 Å². The average molecular weight is 238 g/mol. The van der Waals surface area contributed by atoms with E-state index in [0.717, 1.165) is 21.9 Å². The van der Waals surface area contributed by atoms with E-state index in [1.807, 2.05) is 36.9 Å². The van der Waals surface area contributed by atoms with E-state index >= 15 is 0 Å². The molecule has 0 fully saturated rings. The minimum Gasteiger partial charge on any atom is -0.328 e. The predicted molar refractivity (Wildman–Crippen MR) is 67.8 cm³/mol. The van der Waals surface area contributed by atoms with E-state index in [0.29, 0.717) is 0 Å². The minimum atomic E-state index is -0.170. The average Bonchev–Trinajstić information content (AvgIpc) is 2.58. The van der Waals surface area contributed by atoms with Gasteiger partial charge in [-0.1, -0.05) is 17.7 Å². The fraction of sp³-hybridized carbons (Fsp3) is 0.417. The second-order valence-corrected chi connectivity index (χ2v) is 4.88. The topological polar surface area (TPSA) is 29.9 Å². The van der Waals surface area contributed by atoms with Crippen LogP contribution in [0.4, 0.5) is 0 Å². The lowest BCUT2D eigenvalue weighted by Gasteiger charge is -2.23. The first-order valence-corrected chi connectivity index (χ1v) is 5.65. The van der Waals surface area contributed by atoms with Gasteiger partial charge in [-0.3, -0.25) is 0 Å². The zero-order valence-electron chi connectivity index (χ0n) is 10.0. The molecule has 86 valence electrons. The van der Waals surface area contributed by atoms with E-state index < -0.39 is 0 Å². The summed E-state index contributed by atoms with van der Waals surface area (Å²) < 4.78 is 2.05. The standard InChI is InChI=1S/C12H16ClN3/c1-12(2,14-3)11-15-9-7-5-6-8(13)10(9)16(11)4/h5-7,14H,1-4H3. The van der Waals surface area contributed by atoms with Crippen molar-refractivity contribution in [1.82, 2.24) is 14.9 Å². The highest BCUT2D eigenvalue weighted by Gasteiger charge is 2.24. The number of nitrogens with one attached hydrogen (secondary N) is 1.